The molecule has 1 heterocycles. The fraction of sp³-hybridized carbons (Fsp3) is 0.267. The van der Waals surface area contributed by atoms with Crippen molar-refractivity contribution in [1.29, 1.82) is 0 Å². The van der Waals surface area contributed by atoms with Crippen LogP contribution in [0.3, 0.4) is 0 Å². The lowest BCUT2D eigenvalue weighted by molar-refractivity contribution is 0.0540. The Bertz CT molecular complexity index is 644. The topological polar surface area (TPSA) is 31.2 Å². The normalized spacial score (nSPS) is 11.4. The number of aromatic nitrogens is 1. The van der Waals surface area contributed by atoms with Gasteiger partial charge in [0.15, 0.2) is 0 Å². The number of rotatable bonds is 1. The molecule has 0 bridgehead atoms. The van der Waals surface area contributed by atoms with E-state index in [1.54, 1.807) is 51.2 Å². The Morgan fingerprint density at radius 2 is 1.95 bits per heavy atom. The highest BCUT2D eigenvalue weighted by Crippen LogP contribution is 2.28. The first kappa shape index (κ1) is 14.8. The average molecular weight is 340 g/mol. The molecule has 0 atom stereocenters. The van der Waals surface area contributed by atoms with Gasteiger partial charge in [-0.25, -0.2) is 9.18 Å². The molecule has 0 spiro atoms. The third kappa shape index (κ3) is 3.28. The molecule has 2 aromatic rings. The fourth-order valence-electron chi connectivity index (χ4n) is 1.77. The highest BCUT2D eigenvalue weighted by atomic mass is 79.9. The Balaban J connectivity index is 2.46. The van der Waals surface area contributed by atoms with Gasteiger partial charge in [-0.2, -0.15) is 0 Å². The zero-order valence-electron chi connectivity index (χ0n) is 11.5. The molecule has 3 nitrogen and oxygen atoms in total. The van der Waals surface area contributed by atoms with E-state index in [4.69, 9.17) is 4.74 Å². The number of halogens is 2. The Kier molecular flexibility index (Phi) is 3.99. The van der Waals surface area contributed by atoms with Crippen LogP contribution in [0.1, 0.15) is 20.8 Å². The smallest absolute Gasteiger partial charge is 0.419 e. The van der Waals surface area contributed by atoms with Crippen LogP contribution in [-0.4, -0.2) is 16.3 Å². The van der Waals surface area contributed by atoms with Gasteiger partial charge in [-0.15, -0.1) is 0 Å². The standard InChI is InChI=1S/C15H15BrFNO2/c1-15(2,3)20-14(19)18-9-10(16)8-13(18)11-6-4-5-7-12(11)17/h4-9H,1-3H3. The van der Waals surface area contributed by atoms with Crippen LogP contribution in [0.4, 0.5) is 9.18 Å². The Hall–Kier alpha value is -1.62. The zero-order chi connectivity index (χ0) is 14.9. The predicted octanol–water partition coefficient (Wildman–Crippen LogP) is 4.84. The lowest BCUT2D eigenvalue weighted by Gasteiger charge is -2.20. The van der Waals surface area contributed by atoms with Gasteiger partial charge in [-0.3, -0.25) is 4.57 Å². The van der Waals surface area contributed by atoms with Crippen molar-refractivity contribution < 1.29 is 13.9 Å². The third-order valence-electron chi connectivity index (χ3n) is 2.53. The van der Waals surface area contributed by atoms with E-state index in [1.165, 1.54) is 10.6 Å². The minimum absolute atomic E-state index is 0.351. The van der Waals surface area contributed by atoms with E-state index in [1.807, 2.05) is 0 Å². The van der Waals surface area contributed by atoms with E-state index in [2.05, 4.69) is 15.9 Å². The van der Waals surface area contributed by atoms with Crippen molar-refractivity contribution in [2.45, 2.75) is 26.4 Å². The van der Waals surface area contributed by atoms with Crippen molar-refractivity contribution in [2.24, 2.45) is 0 Å². The lowest BCUT2D eigenvalue weighted by atomic mass is 10.1. The van der Waals surface area contributed by atoms with Gasteiger partial charge >= 0.3 is 6.09 Å². The summed E-state index contributed by atoms with van der Waals surface area (Å²) in [5, 5.41) is 0. The van der Waals surface area contributed by atoms with Gasteiger partial charge in [0.25, 0.3) is 0 Å². The number of hydrogen-bond donors (Lipinski definition) is 0. The van der Waals surface area contributed by atoms with Gasteiger partial charge in [-0.05, 0) is 54.9 Å². The van der Waals surface area contributed by atoms with Gasteiger partial charge < -0.3 is 4.74 Å². The quantitative estimate of drug-likeness (QED) is 0.744. The number of hydrogen-bond acceptors (Lipinski definition) is 2. The van der Waals surface area contributed by atoms with Crippen LogP contribution in [0, 0.1) is 5.82 Å². The average Bonchev–Trinajstić information content (AvgIpc) is 2.69. The van der Waals surface area contributed by atoms with Gasteiger partial charge in [-0.1, -0.05) is 12.1 Å². The van der Waals surface area contributed by atoms with E-state index < -0.39 is 11.7 Å². The van der Waals surface area contributed by atoms with Crippen LogP contribution in [0.15, 0.2) is 41.0 Å². The molecule has 5 heteroatoms. The lowest BCUT2D eigenvalue weighted by Crippen LogP contribution is -2.27. The molecule has 0 aliphatic rings. The first-order chi connectivity index (χ1) is 9.28. The van der Waals surface area contributed by atoms with Crippen molar-refractivity contribution in [2.75, 3.05) is 0 Å². The van der Waals surface area contributed by atoms with E-state index in [0.717, 1.165) is 0 Å². The second-order valence-corrected chi connectivity index (χ2v) is 6.29. The molecule has 0 saturated heterocycles. The molecule has 0 aliphatic carbocycles. The fourth-order valence-corrected chi connectivity index (χ4v) is 2.19. The summed E-state index contributed by atoms with van der Waals surface area (Å²) in [7, 11) is 0. The first-order valence-corrected chi connectivity index (χ1v) is 6.93. The highest BCUT2D eigenvalue weighted by molar-refractivity contribution is 9.10. The Morgan fingerprint density at radius 3 is 2.55 bits per heavy atom. The van der Waals surface area contributed by atoms with Crippen LogP contribution < -0.4 is 0 Å². The van der Waals surface area contributed by atoms with Crippen molar-refractivity contribution in [3.63, 3.8) is 0 Å². The SMILES string of the molecule is CC(C)(C)OC(=O)n1cc(Br)cc1-c1ccccc1F. The predicted molar refractivity (Wildman–Crippen MR) is 79.2 cm³/mol. The molecule has 2 rings (SSSR count). The van der Waals surface area contributed by atoms with Crippen LogP contribution in [-0.2, 0) is 4.74 Å². The summed E-state index contributed by atoms with van der Waals surface area (Å²) in [6.07, 6.45) is 1.03. The summed E-state index contributed by atoms with van der Waals surface area (Å²) in [4.78, 5) is 12.2. The molecule has 0 N–H and O–H groups in total. The molecular formula is C15H15BrFNO2. The molecule has 0 radical (unpaired) electrons. The number of benzene rings is 1. The molecule has 106 valence electrons. The molecule has 0 fully saturated rings. The largest absolute Gasteiger partial charge is 0.443 e. The summed E-state index contributed by atoms with van der Waals surface area (Å²) in [6.45, 7) is 5.35. The highest BCUT2D eigenvalue weighted by Gasteiger charge is 2.21. The van der Waals surface area contributed by atoms with Crippen molar-refractivity contribution in [1.82, 2.24) is 4.57 Å². The second-order valence-electron chi connectivity index (χ2n) is 5.37. The van der Waals surface area contributed by atoms with Gasteiger partial charge in [0.2, 0.25) is 0 Å². The molecule has 1 aromatic heterocycles. The summed E-state index contributed by atoms with van der Waals surface area (Å²) in [6, 6.07) is 7.99. The van der Waals surface area contributed by atoms with E-state index in [-0.39, 0.29) is 5.82 Å². The van der Waals surface area contributed by atoms with Gasteiger partial charge in [0, 0.05) is 16.2 Å². The van der Waals surface area contributed by atoms with E-state index >= 15 is 0 Å². The van der Waals surface area contributed by atoms with Crippen LogP contribution >= 0.6 is 15.9 Å². The molecule has 0 aliphatic heterocycles. The second kappa shape index (κ2) is 5.40. The number of carbonyl (C=O) groups excluding carboxylic acids is 1. The van der Waals surface area contributed by atoms with Crippen molar-refractivity contribution >= 4 is 22.0 Å². The number of carbonyl (C=O) groups is 1. The maximum absolute atomic E-state index is 13.9. The maximum Gasteiger partial charge on any atom is 0.419 e. The summed E-state index contributed by atoms with van der Waals surface area (Å²) < 4.78 is 21.2. The van der Waals surface area contributed by atoms with Gasteiger partial charge in [0.05, 0.1) is 5.69 Å². The summed E-state index contributed by atoms with van der Waals surface area (Å²) in [5.41, 5.74) is 0.189. The summed E-state index contributed by atoms with van der Waals surface area (Å²) >= 11 is 3.30. The Morgan fingerprint density at radius 1 is 1.30 bits per heavy atom. The number of nitrogens with zero attached hydrogens (tertiary/aromatic N) is 1. The van der Waals surface area contributed by atoms with Crippen LogP contribution in [0.25, 0.3) is 11.3 Å². The Labute approximate surface area is 125 Å². The monoisotopic (exact) mass is 339 g/mol. The molecular weight excluding hydrogens is 325 g/mol. The van der Waals surface area contributed by atoms with E-state index in [9.17, 15) is 9.18 Å². The van der Waals surface area contributed by atoms with Crippen LogP contribution in [0.5, 0.6) is 0 Å². The third-order valence-corrected chi connectivity index (χ3v) is 2.96. The first-order valence-electron chi connectivity index (χ1n) is 6.14. The van der Waals surface area contributed by atoms with Crippen molar-refractivity contribution in [3.8, 4) is 11.3 Å². The summed E-state index contributed by atoms with van der Waals surface area (Å²) in [5.74, 6) is -0.386. The maximum atomic E-state index is 13.9. The molecule has 20 heavy (non-hydrogen) atoms. The molecule has 0 amide bonds. The van der Waals surface area contributed by atoms with Crippen LogP contribution in [0.2, 0.25) is 0 Å². The van der Waals surface area contributed by atoms with Gasteiger partial charge in [0.1, 0.15) is 11.4 Å². The van der Waals surface area contributed by atoms with Crippen molar-refractivity contribution in [3.05, 3.63) is 46.8 Å². The number of ether oxygens (including phenoxy) is 1. The van der Waals surface area contributed by atoms with E-state index in [0.29, 0.717) is 15.7 Å². The zero-order valence-corrected chi connectivity index (χ0v) is 13.1. The minimum atomic E-state index is -0.611. The minimum Gasteiger partial charge on any atom is -0.443 e. The molecule has 0 unspecified atom stereocenters. The molecule has 1 aromatic carbocycles. The molecule has 0 saturated carbocycles.